The van der Waals surface area contributed by atoms with Crippen LogP contribution in [0.5, 0.6) is 0 Å². The molecule has 1 amide bonds. The van der Waals surface area contributed by atoms with Crippen molar-refractivity contribution >= 4 is 12.1 Å². The van der Waals surface area contributed by atoms with E-state index in [1.165, 1.54) is 0 Å². The van der Waals surface area contributed by atoms with Crippen LogP contribution >= 0.6 is 0 Å². The number of aliphatic hydroxyl groups is 1. The Morgan fingerprint density at radius 3 is 2.10 bits per heavy atom. The molecule has 0 aromatic heterocycles. The number of carboxylic acids is 1. The van der Waals surface area contributed by atoms with Crippen LogP contribution in [0.2, 0.25) is 0 Å². The molecule has 0 fully saturated rings. The number of aliphatic carboxylic acids is 1. The van der Waals surface area contributed by atoms with Crippen LogP contribution in [0.1, 0.15) is 32.8 Å². The molecule has 0 bridgehead atoms. The number of carbonyl (C=O) groups excluding carboxylic acids is 1. The Morgan fingerprint density at radius 2 is 1.59 bits per heavy atom. The third kappa shape index (κ3) is 7.58. The molecule has 0 aliphatic carbocycles. The van der Waals surface area contributed by atoms with E-state index in [0.717, 1.165) is 16.7 Å². The van der Waals surface area contributed by atoms with Crippen molar-refractivity contribution in [2.75, 3.05) is 6.61 Å². The number of hydrogen-bond donors (Lipinski definition) is 3. The zero-order chi connectivity index (χ0) is 21.4. The van der Waals surface area contributed by atoms with Gasteiger partial charge in [0.15, 0.2) is 0 Å². The molecular weight excluding hydrogens is 370 g/mol. The summed E-state index contributed by atoms with van der Waals surface area (Å²) in [4.78, 5) is 23.5. The van der Waals surface area contributed by atoms with E-state index in [1.54, 1.807) is 20.8 Å². The predicted molar refractivity (Wildman–Crippen MR) is 112 cm³/mol. The zero-order valence-corrected chi connectivity index (χ0v) is 17.1. The van der Waals surface area contributed by atoms with Crippen molar-refractivity contribution in [3.05, 3.63) is 60.2 Å². The number of benzene rings is 2. The third-order valence-corrected chi connectivity index (χ3v) is 4.40. The van der Waals surface area contributed by atoms with E-state index < -0.39 is 36.2 Å². The normalized spacial score (nSPS) is 13.4. The average Bonchev–Trinajstić information content (AvgIpc) is 2.65. The highest BCUT2D eigenvalue weighted by molar-refractivity contribution is 5.71. The van der Waals surface area contributed by atoms with Crippen molar-refractivity contribution in [2.45, 2.75) is 45.3 Å². The summed E-state index contributed by atoms with van der Waals surface area (Å²) in [5.74, 6) is -2.05. The second-order valence-electron chi connectivity index (χ2n) is 8.06. The van der Waals surface area contributed by atoms with Gasteiger partial charge in [0.1, 0.15) is 5.60 Å². The number of nitrogens with one attached hydrogen (secondary N) is 1. The molecule has 0 unspecified atom stereocenters. The van der Waals surface area contributed by atoms with Crippen molar-refractivity contribution in [3.63, 3.8) is 0 Å². The van der Waals surface area contributed by atoms with Crippen LogP contribution < -0.4 is 5.32 Å². The number of carbonyl (C=O) groups is 2. The first-order valence-electron chi connectivity index (χ1n) is 9.65. The SMILES string of the molecule is CC(C)(C)OC(=O)N[C@H](Cc1ccc(-c2ccccc2)cc1)C[C@@H](CO)C(=O)O. The Hall–Kier alpha value is -2.86. The molecule has 0 aliphatic rings. The Balaban J connectivity index is 2.13. The molecule has 3 N–H and O–H groups in total. The van der Waals surface area contributed by atoms with Gasteiger partial charge in [0.2, 0.25) is 0 Å². The summed E-state index contributed by atoms with van der Waals surface area (Å²) in [6.07, 6.45) is -0.0747. The van der Waals surface area contributed by atoms with E-state index in [0.29, 0.717) is 6.42 Å². The minimum absolute atomic E-state index is 0.103. The number of hydrogen-bond acceptors (Lipinski definition) is 4. The van der Waals surface area contributed by atoms with Gasteiger partial charge in [-0.1, -0.05) is 54.6 Å². The standard InChI is InChI=1S/C23H29NO5/c1-23(2,3)29-22(28)24-20(14-19(15-25)21(26)27)13-16-9-11-18(12-10-16)17-7-5-4-6-8-17/h4-12,19-20,25H,13-15H2,1-3H3,(H,24,28)(H,26,27)/t19-,20+/m0/s1. The topological polar surface area (TPSA) is 95.9 Å². The largest absolute Gasteiger partial charge is 0.481 e. The quantitative estimate of drug-likeness (QED) is 0.626. The Morgan fingerprint density at radius 1 is 1.00 bits per heavy atom. The smallest absolute Gasteiger partial charge is 0.407 e. The molecule has 2 aromatic carbocycles. The number of amides is 1. The van der Waals surface area contributed by atoms with Crippen LogP contribution in [0.4, 0.5) is 4.79 Å². The number of alkyl carbamates (subject to hydrolysis) is 1. The van der Waals surface area contributed by atoms with Gasteiger partial charge >= 0.3 is 12.1 Å². The minimum Gasteiger partial charge on any atom is -0.481 e. The maximum absolute atomic E-state index is 12.2. The maximum Gasteiger partial charge on any atom is 0.407 e. The van der Waals surface area contributed by atoms with E-state index in [9.17, 15) is 19.8 Å². The van der Waals surface area contributed by atoms with Crippen LogP contribution in [-0.4, -0.2) is 40.5 Å². The summed E-state index contributed by atoms with van der Waals surface area (Å²) in [7, 11) is 0. The lowest BCUT2D eigenvalue weighted by atomic mass is 9.94. The molecule has 156 valence electrons. The molecule has 6 heteroatoms. The van der Waals surface area contributed by atoms with Crippen LogP contribution in [-0.2, 0) is 16.0 Å². The van der Waals surface area contributed by atoms with E-state index in [4.69, 9.17) is 4.74 Å². The Labute approximate surface area is 171 Å². The second kappa shape index (κ2) is 10.1. The number of ether oxygens (including phenoxy) is 1. The van der Waals surface area contributed by atoms with Gasteiger partial charge in [-0.15, -0.1) is 0 Å². The lowest BCUT2D eigenvalue weighted by molar-refractivity contribution is -0.143. The molecule has 2 rings (SSSR count). The number of carboxylic acid groups (broad SMARTS) is 1. The predicted octanol–water partition coefficient (Wildman–Crippen LogP) is 3.87. The lowest BCUT2D eigenvalue weighted by Crippen LogP contribution is -2.42. The molecule has 2 aromatic rings. The third-order valence-electron chi connectivity index (χ3n) is 4.40. The monoisotopic (exact) mass is 399 g/mol. The summed E-state index contributed by atoms with van der Waals surface area (Å²) in [5.41, 5.74) is 2.47. The molecule has 0 saturated carbocycles. The molecule has 0 radical (unpaired) electrons. The molecular formula is C23H29NO5. The molecule has 0 heterocycles. The van der Waals surface area contributed by atoms with E-state index in [2.05, 4.69) is 5.32 Å². The van der Waals surface area contributed by atoms with Gasteiger partial charge in [0.05, 0.1) is 12.5 Å². The van der Waals surface area contributed by atoms with Crippen LogP contribution in [0.15, 0.2) is 54.6 Å². The van der Waals surface area contributed by atoms with Crippen molar-refractivity contribution < 1.29 is 24.5 Å². The fourth-order valence-corrected chi connectivity index (χ4v) is 3.01. The highest BCUT2D eigenvalue weighted by Crippen LogP contribution is 2.21. The number of rotatable bonds is 8. The fraction of sp³-hybridized carbons (Fsp3) is 0.391. The summed E-state index contributed by atoms with van der Waals surface area (Å²) < 4.78 is 5.30. The maximum atomic E-state index is 12.2. The lowest BCUT2D eigenvalue weighted by Gasteiger charge is -2.25. The first-order valence-corrected chi connectivity index (χ1v) is 9.65. The van der Waals surface area contributed by atoms with Gasteiger partial charge in [-0.25, -0.2) is 4.79 Å². The molecule has 0 spiro atoms. The highest BCUT2D eigenvalue weighted by Gasteiger charge is 2.25. The first-order chi connectivity index (χ1) is 13.7. The molecule has 29 heavy (non-hydrogen) atoms. The van der Waals surface area contributed by atoms with E-state index >= 15 is 0 Å². The van der Waals surface area contributed by atoms with Gasteiger partial charge in [0, 0.05) is 6.04 Å². The fourth-order valence-electron chi connectivity index (χ4n) is 3.01. The highest BCUT2D eigenvalue weighted by atomic mass is 16.6. The molecule has 2 atom stereocenters. The van der Waals surface area contributed by atoms with E-state index in [1.807, 2.05) is 54.6 Å². The van der Waals surface area contributed by atoms with Crippen LogP contribution in [0, 0.1) is 5.92 Å². The van der Waals surface area contributed by atoms with Crippen molar-refractivity contribution in [1.29, 1.82) is 0 Å². The summed E-state index contributed by atoms with van der Waals surface area (Å²) in [6.45, 7) is 4.79. The molecule has 0 saturated heterocycles. The second-order valence-corrected chi connectivity index (χ2v) is 8.06. The summed E-state index contributed by atoms with van der Waals surface area (Å²) in [5, 5.41) is 21.4. The van der Waals surface area contributed by atoms with Crippen molar-refractivity contribution in [2.24, 2.45) is 5.92 Å². The van der Waals surface area contributed by atoms with Gasteiger partial charge in [-0.3, -0.25) is 4.79 Å². The minimum atomic E-state index is -1.09. The van der Waals surface area contributed by atoms with Gasteiger partial charge in [0.25, 0.3) is 0 Å². The van der Waals surface area contributed by atoms with Gasteiger partial charge < -0.3 is 20.3 Å². The van der Waals surface area contributed by atoms with Crippen molar-refractivity contribution in [1.82, 2.24) is 5.32 Å². The summed E-state index contributed by atoms with van der Waals surface area (Å²) >= 11 is 0. The van der Waals surface area contributed by atoms with Crippen molar-refractivity contribution in [3.8, 4) is 11.1 Å². The Kier molecular flexibility index (Phi) is 7.79. The number of aliphatic hydroxyl groups excluding tert-OH is 1. The van der Waals surface area contributed by atoms with Crippen LogP contribution in [0.25, 0.3) is 11.1 Å². The Bertz CT molecular complexity index is 796. The molecule has 0 aliphatic heterocycles. The van der Waals surface area contributed by atoms with Gasteiger partial charge in [-0.05, 0) is 50.3 Å². The van der Waals surface area contributed by atoms with Gasteiger partial charge in [-0.2, -0.15) is 0 Å². The zero-order valence-electron chi connectivity index (χ0n) is 17.1. The first kappa shape index (κ1) is 22.4. The average molecular weight is 399 g/mol. The van der Waals surface area contributed by atoms with Crippen LogP contribution in [0.3, 0.4) is 0 Å². The van der Waals surface area contributed by atoms with E-state index in [-0.39, 0.29) is 6.42 Å². The molecule has 6 nitrogen and oxygen atoms in total. The summed E-state index contributed by atoms with van der Waals surface area (Å²) in [6, 6.07) is 17.4.